The minimum Gasteiger partial charge on any atom is -0.493 e. The predicted molar refractivity (Wildman–Crippen MR) is 130 cm³/mol. The van der Waals surface area contributed by atoms with Gasteiger partial charge in [0.1, 0.15) is 11.5 Å². The van der Waals surface area contributed by atoms with Crippen molar-refractivity contribution in [2.24, 2.45) is 0 Å². The molecule has 0 unspecified atom stereocenters. The third-order valence-corrected chi connectivity index (χ3v) is 5.46. The average Bonchev–Trinajstić information content (AvgIpc) is 2.76. The fraction of sp³-hybridized carbons (Fsp3) is 0.296. The lowest BCUT2D eigenvalue weighted by Crippen LogP contribution is -2.21. The standard InChI is InChI=1S/C27H29ClO5/c1-19(15-16-31-22-12-9-20(10-13-22)27(2,3)18-26(29)30)32-24-14-11-21(28)17-25(24)33-23-7-5-4-6-8-23/h4-14,17,19H,15-16,18H2,1-3H3,(H,29,30)/t19-/m1/s1. The normalized spacial score (nSPS) is 12.1. The summed E-state index contributed by atoms with van der Waals surface area (Å²) < 4.78 is 17.9. The molecule has 1 N–H and O–H groups in total. The zero-order valence-corrected chi connectivity index (χ0v) is 19.8. The Morgan fingerprint density at radius 3 is 2.33 bits per heavy atom. The van der Waals surface area contributed by atoms with Crippen LogP contribution in [0.4, 0.5) is 0 Å². The highest BCUT2D eigenvalue weighted by atomic mass is 35.5. The Bertz CT molecular complexity index is 1050. The third kappa shape index (κ3) is 7.43. The molecular formula is C27H29ClO5. The van der Waals surface area contributed by atoms with Gasteiger partial charge in [-0.2, -0.15) is 0 Å². The quantitative estimate of drug-likeness (QED) is 0.324. The van der Waals surface area contributed by atoms with Gasteiger partial charge in [-0.1, -0.05) is 55.8 Å². The summed E-state index contributed by atoms with van der Waals surface area (Å²) in [4.78, 5) is 11.1. The molecule has 6 heteroatoms. The van der Waals surface area contributed by atoms with Gasteiger partial charge in [0.25, 0.3) is 0 Å². The van der Waals surface area contributed by atoms with E-state index in [1.807, 2.05) is 75.4 Å². The molecule has 0 fully saturated rings. The molecule has 0 radical (unpaired) electrons. The van der Waals surface area contributed by atoms with Crippen molar-refractivity contribution in [2.75, 3.05) is 6.61 Å². The summed E-state index contributed by atoms with van der Waals surface area (Å²) in [5.74, 6) is 1.79. The Kier molecular flexibility index (Phi) is 8.23. The zero-order chi connectivity index (χ0) is 23.8. The second kappa shape index (κ2) is 11.1. The maximum Gasteiger partial charge on any atom is 0.304 e. The molecule has 3 aromatic carbocycles. The van der Waals surface area contributed by atoms with Gasteiger partial charge in [-0.15, -0.1) is 0 Å². The third-order valence-electron chi connectivity index (χ3n) is 5.23. The van der Waals surface area contributed by atoms with Crippen LogP contribution in [0.1, 0.15) is 39.2 Å². The lowest BCUT2D eigenvalue weighted by atomic mass is 9.82. The van der Waals surface area contributed by atoms with E-state index in [0.29, 0.717) is 35.3 Å². The number of carboxylic acid groups (broad SMARTS) is 1. The van der Waals surface area contributed by atoms with Crippen molar-refractivity contribution in [3.63, 3.8) is 0 Å². The number of para-hydroxylation sites is 1. The minimum atomic E-state index is -0.813. The summed E-state index contributed by atoms with van der Waals surface area (Å²) in [7, 11) is 0. The van der Waals surface area contributed by atoms with Crippen LogP contribution < -0.4 is 14.2 Å². The molecule has 0 saturated heterocycles. The van der Waals surface area contributed by atoms with Crippen LogP contribution in [0.3, 0.4) is 0 Å². The van der Waals surface area contributed by atoms with E-state index >= 15 is 0 Å². The summed E-state index contributed by atoms with van der Waals surface area (Å²) in [5.41, 5.74) is 0.521. The Hall–Kier alpha value is -3.18. The largest absolute Gasteiger partial charge is 0.493 e. The fourth-order valence-electron chi connectivity index (χ4n) is 3.38. The number of hydrogen-bond acceptors (Lipinski definition) is 4. The van der Waals surface area contributed by atoms with E-state index in [9.17, 15) is 4.79 Å². The van der Waals surface area contributed by atoms with Crippen molar-refractivity contribution in [3.05, 3.63) is 83.4 Å². The maximum atomic E-state index is 11.1. The number of carbonyl (C=O) groups is 1. The molecule has 33 heavy (non-hydrogen) atoms. The first-order valence-corrected chi connectivity index (χ1v) is 11.2. The monoisotopic (exact) mass is 468 g/mol. The minimum absolute atomic E-state index is 0.0722. The first kappa shape index (κ1) is 24.5. The molecule has 0 bridgehead atoms. The molecule has 0 aromatic heterocycles. The van der Waals surface area contributed by atoms with Crippen LogP contribution in [-0.4, -0.2) is 23.8 Å². The van der Waals surface area contributed by atoms with E-state index in [-0.39, 0.29) is 12.5 Å². The first-order valence-electron chi connectivity index (χ1n) is 10.9. The number of aliphatic carboxylic acids is 1. The summed E-state index contributed by atoms with van der Waals surface area (Å²) >= 11 is 6.15. The van der Waals surface area contributed by atoms with Crippen LogP contribution in [-0.2, 0) is 10.2 Å². The Morgan fingerprint density at radius 1 is 0.970 bits per heavy atom. The van der Waals surface area contributed by atoms with Crippen molar-refractivity contribution in [3.8, 4) is 23.0 Å². The topological polar surface area (TPSA) is 65.0 Å². The van der Waals surface area contributed by atoms with Gasteiger partial charge in [0.2, 0.25) is 0 Å². The summed E-state index contributed by atoms with van der Waals surface area (Å²) in [6.07, 6.45) is 0.626. The van der Waals surface area contributed by atoms with Crippen LogP contribution in [0.2, 0.25) is 5.02 Å². The van der Waals surface area contributed by atoms with E-state index in [2.05, 4.69) is 0 Å². The van der Waals surface area contributed by atoms with Gasteiger partial charge in [-0.05, 0) is 48.9 Å². The van der Waals surface area contributed by atoms with E-state index in [1.165, 1.54) is 0 Å². The fourth-order valence-corrected chi connectivity index (χ4v) is 3.54. The molecule has 0 heterocycles. The van der Waals surface area contributed by atoms with Gasteiger partial charge in [0.15, 0.2) is 11.5 Å². The number of carboxylic acids is 1. The van der Waals surface area contributed by atoms with Crippen LogP contribution in [0.5, 0.6) is 23.0 Å². The van der Waals surface area contributed by atoms with Crippen LogP contribution >= 0.6 is 11.6 Å². The molecule has 0 aliphatic rings. The summed E-state index contributed by atoms with van der Waals surface area (Å²) in [6.45, 7) is 6.29. The second-order valence-corrected chi connectivity index (χ2v) is 8.99. The molecule has 0 amide bonds. The van der Waals surface area contributed by atoms with Gasteiger partial charge in [-0.25, -0.2) is 0 Å². The molecule has 3 aromatic rings. The molecular weight excluding hydrogens is 440 g/mol. The van der Waals surface area contributed by atoms with Crippen molar-refractivity contribution < 1.29 is 24.1 Å². The summed E-state index contributed by atoms with van der Waals surface area (Å²) in [5, 5.41) is 9.66. The molecule has 3 rings (SSSR count). The second-order valence-electron chi connectivity index (χ2n) is 8.55. The Labute approximate surface area is 199 Å². The van der Waals surface area contributed by atoms with Crippen molar-refractivity contribution in [1.82, 2.24) is 0 Å². The van der Waals surface area contributed by atoms with Crippen molar-refractivity contribution in [1.29, 1.82) is 0 Å². The lowest BCUT2D eigenvalue weighted by molar-refractivity contribution is -0.138. The van der Waals surface area contributed by atoms with Gasteiger partial charge >= 0.3 is 5.97 Å². The van der Waals surface area contributed by atoms with Crippen molar-refractivity contribution >= 4 is 17.6 Å². The highest BCUT2D eigenvalue weighted by Gasteiger charge is 2.24. The summed E-state index contributed by atoms with van der Waals surface area (Å²) in [6, 6.07) is 22.4. The van der Waals surface area contributed by atoms with Crippen LogP contribution in [0.15, 0.2) is 72.8 Å². The number of ether oxygens (including phenoxy) is 3. The molecule has 0 aliphatic carbocycles. The number of rotatable bonds is 11. The first-order chi connectivity index (χ1) is 15.7. The average molecular weight is 469 g/mol. The van der Waals surface area contributed by atoms with Crippen LogP contribution in [0, 0.1) is 0 Å². The van der Waals surface area contributed by atoms with Gasteiger partial charge in [0.05, 0.1) is 19.1 Å². The lowest BCUT2D eigenvalue weighted by Gasteiger charge is -2.23. The zero-order valence-electron chi connectivity index (χ0n) is 19.1. The molecule has 5 nitrogen and oxygen atoms in total. The smallest absolute Gasteiger partial charge is 0.304 e. The number of hydrogen-bond donors (Lipinski definition) is 1. The highest BCUT2D eigenvalue weighted by Crippen LogP contribution is 2.35. The molecule has 0 aliphatic heterocycles. The SMILES string of the molecule is C[C@H](CCOc1ccc(C(C)(C)CC(=O)O)cc1)Oc1ccc(Cl)cc1Oc1ccccc1. The van der Waals surface area contributed by atoms with E-state index in [1.54, 1.807) is 18.2 Å². The van der Waals surface area contributed by atoms with Gasteiger partial charge < -0.3 is 19.3 Å². The van der Waals surface area contributed by atoms with E-state index in [4.69, 9.17) is 30.9 Å². The molecule has 0 spiro atoms. The van der Waals surface area contributed by atoms with Gasteiger partial charge in [0, 0.05) is 22.9 Å². The molecule has 0 saturated carbocycles. The van der Waals surface area contributed by atoms with E-state index < -0.39 is 11.4 Å². The van der Waals surface area contributed by atoms with Crippen LogP contribution in [0.25, 0.3) is 0 Å². The highest BCUT2D eigenvalue weighted by molar-refractivity contribution is 6.30. The Balaban J connectivity index is 1.54. The van der Waals surface area contributed by atoms with Gasteiger partial charge in [-0.3, -0.25) is 4.79 Å². The predicted octanol–water partition coefficient (Wildman–Crippen LogP) is 7.12. The number of benzene rings is 3. The number of halogens is 1. The van der Waals surface area contributed by atoms with Crippen molar-refractivity contribution in [2.45, 2.75) is 45.1 Å². The Morgan fingerprint density at radius 2 is 1.67 bits per heavy atom. The van der Waals surface area contributed by atoms with E-state index in [0.717, 1.165) is 11.3 Å². The molecule has 1 atom stereocenters. The molecule has 174 valence electrons. The maximum absolute atomic E-state index is 11.1.